The van der Waals surface area contributed by atoms with Crippen LogP contribution in [0, 0.1) is 5.82 Å². The van der Waals surface area contributed by atoms with Gasteiger partial charge in [0.1, 0.15) is 5.82 Å². The summed E-state index contributed by atoms with van der Waals surface area (Å²) in [7, 11) is 0. The third-order valence-electron chi connectivity index (χ3n) is 2.74. The topological polar surface area (TPSA) is 108 Å². The number of nitrogens with two attached hydrogens (primary N) is 2. The number of pyridine rings is 1. The summed E-state index contributed by atoms with van der Waals surface area (Å²) in [5.74, 6) is 0.371. The molecule has 0 unspecified atom stereocenters. The van der Waals surface area contributed by atoms with Gasteiger partial charge in [-0.2, -0.15) is 9.67 Å². The number of nitrogens with one attached hydrogen (secondary N) is 1. The maximum Gasteiger partial charge on any atom is 0.248 e. The Kier molecular flexibility index (Phi) is 3.11. The lowest BCUT2D eigenvalue weighted by molar-refractivity contribution is 0.631. The van der Waals surface area contributed by atoms with Crippen LogP contribution in [-0.4, -0.2) is 19.7 Å². The Morgan fingerprint density at radius 1 is 1.10 bits per heavy atom. The van der Waals surface area contributed by atoms with Crippen molar-refractivity contribution in [1.29, 1.82) is 0 Å². The molecule has 0 bridgehead atoms. The van der Waals surface area contributed by atoms with Crippen molar-refractivity contribution in [3.05, 3.63) is 48.4 Å². The monoisotopic (exact) mass is 285 g/mol. The average Bonchev–Trinajstić information content (AvgIpc) is 2.83. The van der Waals surface area contributed by atoms with Crippen LogP contribution in [0.4, 0.5) is 27.7 Å². The van der Waals surface area contributed by atoms with Gasteiger partial charge in [-0.05, 0) is 24.3 Å². The zero-order valence-electron chi connectivity index (χ0n) is 10.9. The third kappa shape index (κ3) is 2.59. The van der Waals surface area contributed by atoms with Gasteiger partial charge < -0.3 is 16.8 Å². The van der Waals surface area contributed by atoms with Crippen LogP contribution in [-0.2, 0) is 0 Å². The van der Waals surface area contributed by atoms with E-state index in [2.05, 4.69) is 20.4 Å². The van der Waals surface area contributed by atoms with E-state index in [1.54, 1.807) is 30.3 Å². The minimum Gasteiger partial charge on any atom is -0.397 e. The van der Waals surface area contributed by atoms with E-state index < -0.39 is 5.82 Å². The van der Waals surface area contributed by atoms with Gasteiger partial charge in [0, 0.05) is 0 Å². The molecule has 0 fully saturated rings. The fraction of sp³-hybridized carbons (Fsp3) is 0. The largest absolute Gasteiger partial charge is 0.397 e. The Balaban J connectivity index is 1.91. The molecule has 0 saturated heterocycles. The highest BCUT2D eigenvalue weighted by atomic mass is 19.1. The molecule has 1 aromatic carbocycles. The summed E-state index contributed by atoms with van der Waals surface area (Å²) in [5, 5.41) is 6.91. The molecule has 3 aromatic rings. The molecule has 0 spiro atoms. The van der Waals surface area contributed by atoms with Crippen LogP contribution in [0.2, 0.25) is 0 Å². The molecular weight excluding hydrogens is 273 g/mol. The second-order valence-electron chi connectivity index (χ2n) is 4.26. The molecule has 21 heavy (non-hydrogen) atoms. The van der Waals surface area contributed by atoms with Crippen LogP contribution in [0.15, 0.2) is 42.6 Å². The van der Waals surface area contributed by atoms with Crippen molar-refractivity contribution in [1.82, 2.24) is 19.7 Å². The number of para-hydroxylation sites is 1. The lowest BCUT2D eigenvalue weighted by atomic mass is 10.3. The van der Waals surface area contributed by atoms with Crippen molar-refractivity contribution in [2.45, 2.75) is 0 Å². The molecule has 0 atom stereocenters. The minimum atomic E-state index is -0.405. The molecule has 8 heteroatoms. The van der Waals surface area contributed by atoms with Crippen LogP contribution in [0.3, 0.4) is 0 Å². The van der Waals surface area contributed by atoms with E-state index in [4.69, 9.17) is 11.5 Å². The van der Waals surface area contributed by atoms with Gasteiger partial charge in [-0.1, -0.05) is 12.1 Å². The predicted octanol–water partition coefficient (Wildman–Crippen LogP) is 1.71. The van der Waals surface area contributed by atoms with E-state index in [1.165, 1.54) is 16.9 Å². The van der Waals surface area contributed by atoms with Crippen LogP contribution in [0.5, 0.6) is 0 Å². The zero-order chi connectivity index (χ0) is 14.8. The maximum atomic E-state index is 13.6. The number of hydrogen-bond donors (Lipinski definition) is 3. The van der Waals surface area contributed by atoms with Gasteiger partial charge in [-0.3, -0.25) is 0 Å². The van der Waals surface area contributed by atoms with Gasteiger partial charge in [-0.25, -0.2) is 9.37 Å². The van der Waals surface area contributed by atoms with Gasteiger partial charge in [0.2, 0.25) is 11.9 Å². The summed E-state index contributed by atoms with van der Waals surface area (Å²) >= 11 is 0. The summed E-state index contributed by atoms with van der Waals surface area (Å²) in [6, 6.07) is 9.55. The predicted molar refractivity (Wildman–Crippen MR) is 77.7 cm³/mol. The molecule has 2 heterocycles. The molecule has 0 aliphatic rings. The summed E-state index contributed by atoms with van der Waals surface area (Å²) in [5.41, 5.74) is 12.2. The average molecular weight is 285 g/mol. The molecule has 0 amide bonds. The molecule has 7 nitrogen and oxygen atoms in total. The number of aromatic nitrogens is 4. The molecule has 0 aliphatic carbocycles. The summed E-state index contributed by atoms with van der Waals surface area (Å²) < 4.78 is 14.9. The van der Waals surface area contributed by atoms with Crippen LogP contribution < -0.4 is 16.8 Å². The SMILES string of the molecule is Nc1ccc(-n2nc(Nc3ccccc3F)nc2N)nc1. The summed E-state index contributed by atoms with van der Waals surface area (Å²) in [6.45, 7) is 0. The standard InChI is InChI=1S/C13H12FN7/c14-9-3-1-2-4-10(9)18-13-19-12(16)21(20-13)11-6-5-8(15)7-17-11/h1-7H,15H2,(H3,16,18,19,20). The Bertz CT molecular complexity index is 766. The van der Waals surface area contributed by atoms with Crippen LogP contribution in [0.1, 0.15) is 0 Å². The van der Waals surface area contributed by atoms with Gasteiger partial charge in [-0.15, -0.1) is 5.10 Å². The number of benzene rings is 1. The molecule has 0 saturated carbocycles. The fourth-order valence-electron chi connectivity index (χ4n) is 1.75. The van der Waals surface area contributed by atoms with Gasteiger partial charge in [0.15, 0.2) is 5.82 Å². The van der Waals surface area contributed by atoms with Gasteiger partial charge in [0.05, 0.1) is 17.6 Å². The highest BCUT2D eigenvalue weighted by Crippen LogP contribution is 2.19. The molecule has 3 rings (SSSR count). The van der Waals surface area contributed by atoms with Crippen LogP contribution >= 0.6 is 0 Å². The number of nitrogen functional groups attached to an aromatic ring is 2. The first-order valence-electron chi connectivity index (χ1n) is 6.09. The zero-order valence-corrected chi connectivity index (χ0v) is 10.9. The Hall–Kier alpha value is -3.16. The van der Waals surface area contributed by atoms with Crippen molar-refractivity contribution >= 4 is 23.3 Å². The Morgan fingerprint density at radius 3 is 2.62 bits per heavy atom. The number of halogens is 1. The second kappa shape index (κ2) is 5.08. The van der Waals surface area contributed by atoms with E-state index in [9.17, 15) is 4.39 Å². The fourth-order valence-corrected chi connectivity index (χ4v) is 1.75. The normalized spacial score (nSPS) is 10.5. The molecular formula is C13H12FN7. The van der Waals surface area contributed by atoms with Crippen molar-refractivity contribution < 1.29 is 4.39 Å². The van der Waals surface area contributed by atoms with Gasteiger partial charge in [0.25, 0.3) is 0 Å². The summed E-state index contributed by atoms with van der Waals surface area (Å²) in [4.78, 5) is 8.13. The van der Waals surface area contributed by atoms with Crippen molar-refractivity contribution in [3.63, 3.8) is 0 Å². The van der Waals surface area contributed by atoms with Crippen molar-refractivity contribution in [3.8, 4) is 5.82 Å². The summed E-state index contributed by atoms with van der Waals surface area (Å²) in [6.07, 6.45) is 1.49. The Labute approximate surface area is 119 Å². The highest BCUT2D eigenvalue weighted by molar-refractivity contribution is 5.55. The first kappa shape index (κ1) is 12.9. The lowest BCUT2D eigenvalue weighted by Crippen LogP contribution is -2.04. The van der Waals surface area contributed by atoms with E-state index in [0.29, 0.717) is 11.5 Å². The molecule has 0 aliphatic heterocycles. The van der Waals surface area contributed by atoms with Gasteiger partial charge >= 0.3 is 0 Å². The second-order valence-corrected chi connectivity index (χ2v) is 4.26. The van der Waals surface area contributed by atoms with E-state index in [1.807, 2.05) is 0 Å². The number of nitrogens with zero attached hydrogens (tertiary/aromatic N) is 4. The number of hydrogen-bond acceptors (Lipinski definition) is 6. The lowest BCUT2D eigenvalue weighted by Gasteiger charge is -2.02. The van der Waals surface area contributed by atoms with E-state index in [0.717, 1.165) is 0 Å². The number of rotatable bonds is 3. The first-order valence-corrected chi connectivity index (χ1v) is 6.09. The maximum absolute atomic E-state index is 13.6. The van der Waals surface area contributed by atoms with E-state index >= 15 is 0 Å². The molecule has 106 valence electrons. The minimum absolute atomic E-state index is 0.131. The molecule has 5 N–H and O–H groups in total. The van der Waals surface area contributed by atoms with Crippen LogP contribution in [0.25, 0.3) is 5.82 Å². The van der Waals surface area contributed by atoms with Crippen molar-refractivity contribution in [2.24, 2.45) is 0 Å². The van der Waals surface area contributed by atoms with E-state index in [-0.39, 0.29) is 17.6 Å². The highest BCUT2D eigenvalue weighted by Gasteiger charge is 2.11. The number of anilines is 4. The molecule has 2 aromatic heterocycles. The smallest absolute Gasteiger partial charge is 0.248 e. The third-order valence-corrected chi connectivity index (χ3v) is 2.74. The quantitative estimate of drug-likeness (QED) is 0.676. The first-order chi connectivity index (χ1) is 10.1. The van der Waals surface area contributed by atoms with Crippen molar-refractivity contribution in [2.75, 3.05) is 16.8 Å². The molecule has 0 radical (unpaired) electrons. The Morgan fingerprint density at radius 2 is 1.90 bits per heavy atom.